The lowest BCUT2D eigenvalue weighted by Crippen LogP contribution is -2.37. The minimum absolute atomic E-state index is 0.0398. The van der Waals surface area contributed by atoms with Gasteiger partial charge in [-0.25, -0.2) is 0 Å². The van der Waals surface area contributed by atoms with Crippen molar-refractivity contribution in [2.75, 3.05) is 6.61 Å². The van der Waals surface area contributed by atoms with Gasteiger partial charge in [0.2, 0.25) is 0 Å². The lowest BCUT2D eigenvalue weighted by molar-refractivity contribution is 0.0313. The molecule has 102 valence electrons. The largest absolute Gasteiger partial charge is 0.376 e. The van der Waals surface area contributed by atoms with Crippen LogP contribution in [0.5, 0.6) is 0 Å². The summed E-state index contributed by atoms with van der Waals surface area (Å²) < 4.78 is 5.74. The van der Waals surface area contributed by atoms with E-state index in [0.717, 1.165) is 22.9 Å². The molecule has 0 aliphatic carbocycles. The van der Waals surface area contributed by atoms with Crippen molar-refractivity contribution in [2.45, 2.75) is 32.4 Å². The summed E-state index contributed by atoms with van der Waals surface area (Å²) in [7, 11) is 0. The second-order valence-electron chi connectivity index (χ2n) is 4.51. The smallest absolute Gasteiger partial charge is 0.0780 e. The van der Waals surface area contributed by atoms with E-state index in [1.165, 1.54) is 0 Å². The standard InChI is InChI=1S/C15H21N3O/c1-3-14(19-4-2)15(18-16)12-9-11-7-5-6-8-13(11)17-10-12/h5-10,14-15,18H,3-4,16H2,1-2H3. The van der Waals surface area contributed by atoms with Crippen LogP contribution in [-0.4, -0.2) is 17.7 Å². The highest BCUT2D eigenvalue weighted by atomic mass is 16.5. The van der Waals surface area contributed by atoms with Crippen LogP contribution >= 0.6 is 0 Å². The van der Waals surface area contributed by atoms with Crippen molar-refractivity contribution in [1.29, 1.82) is 0 Å². The van der Waals surface area contributed by atoms with Crippen LogP contribution in [0.1, 0.15) is 31.9 Å². The maximum Gasteiger partial charge on any atom is 0.0780 e. The van der Waals surface area contributed by atoms with Crippen LogP contribution in [0, 0.1) is 0 Å². The summed E-state index contributed by atoms with van der Waals surface area (Å²) in [5.41, 5.74) is 4.90. The Labute approximate surface area is 113 Å². The quantitative estimate of drug-likeness (QED) is 0.618. The summed E-state index contributed by atoms with van der Waals surface area (Å²) in [5.74, 6) is 5.70. The number of nitrogens with zero attached hydrogens (tertiary/aromatic N) is 1. The third kappa shape index (κ3) is 3.10. The van der Waals surface area contributed by atoms with Crippen LogP contribution < -0.4 is 11.3 Å². The fourth-order valence-electron chi connectivity index (χ4n) is 2.34. The van der Waals surface area contributed by atoms with E-state index in [2.05, 4.69) is 29.5 Å². The molecule has 1 aromatic heterocycles. The molecular weight excluding hydrogens is 238 g/mol. The summed E-state index contributed by atoms with van der Waals surface area (Å²) in [6, 6.07) is 10.1. The Hall–Kier alpha value is -1.49. The number of nitrogens with two attached hydrogens (primary N) is 1. The average Bonchev–Trinajstić information content (AvgIpc) is 2.47. The number of para-hydroxylation sites is 1. The van der Waals surface area contributed by atoms with Gasteiger partial charge in [-0.1, -0.05) is 25.1 Å². The summed E-state index contributed by atoms with van der Waals surface area (Å²) in [4.78, 5) is 4.48. The molecule has 3 N–H and O–H groups in total. The molecule has 4 heteroatoms. The van der Waals surface area contributed by atoms with Crippen LogP contribution in [-0.2, 0) is 4.74 Å². The molecule has 0 saturated heterocycles. The Morgan fingerprint density at radius 1 is 1.32 bits per heavy atom. The Balaban J connectivity index is 2.34. The summed E-state index contributed by atoms with van der Waals surface area (Å²) in [6.45, 7) is 4.77. The van der Waals surface area contributed by atoms with E-state index < -0.39 is 0 Å². The lowest BCUT2D eigenvalue weighted by atomic mass is 10.00. The van der Waals surface area contributed by atoms with Gasteiger partial charge in [-0.2, -0.15) is 0 Å². The maximum absolute atomic E-state index is 5.74. The van der Waals surface area contributed by atoms with Crippen molar-refractivity contribution in [1.82, 2.24) is 10.4 Å². The molecule has 0 aliphatic heterocycles. The van der Waals surface area contributed by atoms with Crippen molar-refractivity contribution in [3.05, 3.63) is 42.1 Å². The third-order valence-corrected chi connectivity index (χ3v) is 3.31. The number of rotatable bonds is 6. The topological polar surface area (TPSA) is 60.2 Å². The van der Waals surface area contributed by atoms with E-state index in [9.17, 15) is 0 Å². The van der Waals surface area contributed by atoms with Crippen molar-refractivity contribution in [2.24, 2.45) is 5.84 Å². The number of benzene rings is 1. The fraction of sp³-hybridized carbons (Fsp3) is 0.400. The Morgan fingerprint density at radius 2 is 2.11 bits per heavy atom. The molecule has 2 aromatic rings. The number of hydrogen-bond acceptors (Lipinski definition) is 4. The molecule has 2 rings (SSSR count). The Morgan fingerprint density at radius 3 is 2.79 bits per heavy atom. The fourth-order valence-corrected chi connectivity index (χ4v) is 2.34. The molecule has 2 unspecified atom stereocenters. The molecule has 0 aliphatic rings. The normalized spacial score (nSPS) is 14.5. The highest BCUT2D eigenvalue weighted by molar-refractivity contribution is 5.78. The maximum atomic E-state index is 5.74. The SMILES string of the molecule is CCOC(CC)C(NN)c1cnc2ccccc2c1. The number of aromatic nitrogens is 1. The molecule has 0 saturated carbocycles. The monoisotopic (exact) mass is 259 g/mol. The van der Waals surface area contributed by atoms with Gasteiger partial charge >= 0.3 is 0 Å². The van der Waals surface area contributed by atoms with Gasteiger partial charge in [0.05, 0.1) is 17.7 Å². The first-order valence-electron chi connectivity index (χ1n) is 6.72. The second kappa shape index (κ2) is 6.61. The molecule has 2 atom stereocenters. The van der Waals surface area contributed by atoms with Crippen molar-refractivity contribution < 1.29 is 4.74 Å². The van der Waals surface area contributed by atoms with Crippen LogP contribution in [0.15, 0.2) is 36.5 Å². The van der Waals surface area contributed by atoms with Gasteiger partial charge < -0.3 is 4.74 Å². The summed E-state index contributed by atoms with van der Waals surface area (Å²) >= 11 is 0. The van der Waals surface area contributed by atoms with Crippen LogP contribution in [0.25, 0.3) is 10.9 Å². The molecule has 0 bridgehead atoms. The molecule has 0 fully saturated rings. The zero-order valence-electron chi connectivity index (χ0n) is 11.5. The zero-order chi connectivity index (χ0) is 13.7. The van der Waals surface area contributed by atoms with Gasteiger partial charge in [0.25, 0.3) is 0 Å². The first-order chi connectivity index (χ1) is 9.30. The lowest BCUT2D eigenvalue weighted by Gasteiger charge is -2.25. The zero-order valence-corrected chi connectivity index (χ0v) is 11.5. The van der Waals surface area contributed by atoms with Gasteiger partial charge in [0.15, 0.2) is 0 Å². The molecule has 1 aromatic carbocycles. The molecular formula is C15H21N3O. The molecule has 1 heterocycles. The van der Waals surface area contributed by atoms with E-state index in [1.807, 2.05) is 31.3 Å². The van der Waals surface area contributed by atoms with E-state index in [1.54, 1.807) is 0 Å². The molecule has 19 heavy (non-hydrogen) atoms. The number of pyridine rings is 1. The minimum Gasteiger partial charge on any atom is -0.376 e. The predicted molar refractivity (Wildman–Crippen MR) is 77.5 cm³/mol. The summed E-state index contributed by atoms with van der Waals surface area (Å²) in [5, 5.41) is 1.12. The first-order valence-corrected chi connectivity index (χ1v) is 6.72. The Kier molecular flexibility index (Phi) is 4.85. The number of nitrogens with one attached hydrogen (secondary N) is 1. The average molecular weight is 259 g/mol. The molecule has 0 amide bonds. The molecule has 4 nitrogen and oxygen atoms in total. The van der Waals surface area contributed by atoms with Gasteiger partial charge in [-0.15, -0.1) is 0 Å². The molecule has 0 radical (unpaired) electrons. The number of ether oxygens (including phenoxy) is 1. The third-order valence-electron chi connectivity index (χ3n) is 3.31. The predicted octanol–water partition coefficient (Wildman–Crippen LogP) is 2.55. The first kappa shape index (κ1) is 13.9. The van der Waals surface area contributed by atoms with Gasteiger partial charge in [-0.3, -0.25) is 16.3 Å². The number of fused-ring (bicyclic) bond motifs is 1. The minimum atomic E-state index is -0.0398. The van der Waals surface area contributed by atoms with E-state index in [0.29, 0.717) is 6.61 Å². The van der Waals surface area contributed by atoms with Crippen molar-refractivity contribution in [3.8, 4) is 0 Å². The van der Waals surface area contributed by atoms with Gasteiger partial charge in [0.1, 0.15) is 0 Å². The van der Waals surface area contributed by atoms with Crippen LogP contribution in [0.3, 0.4) is 0 Å². The number of hydrazine groups is 1. The van der Waals surface area contributed by atoms with Crippen molar-refractivity contribution >= 4 is 10.9 Å². The molecule has 0 spiro atoms. The summed E-state index contributed by atoms with van der Waals surface area (Å²) in [6.07, 6.45) is 2.82. The van der Waals surface area contributed by atoms with Crippen LogP contribution in [0.4, 0.5) is 0 Å². The highest BCUT2D eigenvalue weighted by Gasteiger charge is 2.21. The Bertz CT molecular complexity index is 530. The van der Waals surface area contributed by atoms with Crippen LogP contribution in [0.2, 0.25) is 0 Å². The van der Waals surface area contributed by atoms with E-state index >= 15 is 0 Å². The highest BCUT2D eigenvalue weighted by Crippen LogP contribution is 2.23. The van der Waals surface area contributed by atoms with Gasteiger partial charge in [-0.05, 0) is 31.0 Å². The van der Waals surface area contributed by atoms with E-state index in [-0.39, 0.29) is 12.1 Å². The second-order valence-corrected chi connectivity index (χ2v) is 4.51. The van der Waals surface area contributed by atoms with E-state index in [4.69, 9.17) is 10.6 Å². The van der Waals surface area contributed by atoms with Crippen molar-refractivity contribution in [3.63, 3.8) is 0 Å². The van der Waals surface area contributed by atoms with Gasteiger partial charge in [0, 0.05) is 18.2 Å². The number of hydrogen-bond donors (Lipinski definition) is 2.